The fraction of sp³-hybridized carbons (Fsp3) is 0.538. The van der Waals surface area contributed by atoms with Crippen molar-refractivity contribution in [2.45, 2.75) is 39.2 Å². The summed E-state index contributed by atoms with van der Waals surface area (Å²) in [5, 5.41) is 9.63. The highest BCUT2D eigenvalue weighted by molar-refractivity contribution is 9.10. The van der Waals surface area contributed by atoms with Gasteiger partial charge < -0.3 is 5.11 Å². The zero-order valence-corrected chi connectivity index (χ0v) is 11.3. The predicted octanol–water partition coefficient (Wildman–Crippen LogP) is 3.93. The first-order chi connectivity index (χ1) is 7.50. The highest BCUT2D eigenvalue weighted by Gasteiger charge is 2.08. The molecule has 0 bridgehead atoms. The topological polar surface area (TPSA) is 20.2 Å². The summed E-state index contributed by atoms with van der Waals surface area (Å²) in [5.41, 5.74) is 1.10. The van der Waals surface area contributed by atoms with Crippen LogP contribution in [0.5, 0.6) is 0 Å². The van der Waals surface area contributed by atoms with Crippen molar-refractivity contribution in [2.24, 2.45) is 5.92 Å². The van der Waals surface area contributed by atoms with Crippen LogP contribution >= 0.6 is 15.9 Å². The molecular weight excluding hydrogens is 271 g/mol. The second kappa shape index (κ2) is 6.36. The molecule has 1 aromatic rings. The number of aliphatic hydroxyl groups is 1. The molecule has 1 N–H and O–H groups in total. The molecule has 0 fully saturated rings. The molecule has 1 atom stereocenters. The van der Waals surface area contributed by atoms with Crippen LogP contribution in [0, 0.1) is 11.7 Å². The molecule has 0 aliphatic heterocycles. The van der Waals surface area contributed by atoms with Gasteiger partial charge >= 0.3 is 0 Å². The first-order valence-electron chi connectivity index (χ1n) is 5.62. The molecule has 0 saturated heterocycles. The Labute approximate surface area is 105 Å². The Morgan fingerprint density at radius 2 is 2.06 bits per heavy atom. The van der Waals surface area contributed by atoms with Crippen molar-refractivity contribution in [2.75, 3.05) is 0 Å². The van der Waals surface area contributed by atoms with E-state index in [1.54, 1.807) is 12.1 Å². The second-order valence-electron chi connectivity index (χ2n) is 4.45. The quantitative estimate of drug-likeness (QED) is 0.870. The van der Waals surface area contributed by atoms with Gasteiger partial charge in [-0.1, -0.05) is 19.9 Å². The Bertz CT molecular complexity index is 339. The highest BCUT2D eigenvalue weighted by Crippen LogP contribution is 2.19. The minimum absolute atomic E-state index is 0.231. The standard InChI is InChI=1S/C13H18BrFO/c1-9(2)13(16)5-3-4-10-6-7-12(15)11(14)8-10/h6-9,13,16H,3-5H2,1-2H3. The van der Waals surface area contributed by atoms with Crippen LogP contribution in [-0.2, 0) is 6.42 Å². The Morgan fingerprint density at radius 1 is 1.38 bits per heavy atom. The number of rotatable bonds is 5. The van der Waals surface area contributed by atoms with Crippen molar-refractivity contribution >= 4 is 15.9 Å². The normalized spacial score (nSPS) is 13.1. The zero-order chi connectivity index (χ0) is 12.1. The van der Waals surface area contributed by atoms with Crippen LogP contribution in [0.3, 0.4) is 0 Å². The molecule has 0 heterocycles. The van der Waals surface area contributed by atoms with Gasteiger partial charge in [0, 0.05) is 0 Å². The Hall–Kier alpha value is -0.410. The number of halogens is 2. The molecule has 16 heavy (non-hydrogen) atoms. The van der Waals surface area contributed by atoms with Crippen molar-refractivity contribution in [3.8, 4) is 0 Å². The molecule has 1 aromatic carbocycles. The SMILES string of the molecule is CC(C)C(O)CCCc1ccc(F)c(Br)c1. The monoisotopic (exact) mass is 288 g/mol. The van der Waals surface area contributed by atoms with E-state index in [0.717, 1.165) is 24.8 Å². The molecule has 1 rings (SSSR count). The molecule has 0 radical (unpaired) electrons. The lowest BCUT2D eigenvalue weighted by Crippen LogP contribution is -2.14. The summed E-state index contributed by atoms with van der Waals surface area (Å²) in [6.45, 7) is 4.03. The average Bonchev–Trinajstić information content (AvgIpc) is 2.23. The number of aliphatic hydroxyl groups excluding tert-OH is 1. The first kappa shape index (κ1) is 13.7. The van der Waals surface area contributed by atoms with Crippen LogP contribution in [-0.4, -0.2) is 11.2 Å². The maximum Gasteiger partial charge on any atom is 0.137 e. The Morgan fingerprint density at radius 3 is 2.62 bits per heavy atom. The molecular formula is C13H18BrFO. The summed E-state index contributed by atoms with van der Waals surface area (Å²) in [5.74, 6) is 0.0749. The van der Waals surface area contributed by atoms with Crippen molar-refractivity contribution in [3.63, 3.8) is 0 Å². The lowest BCUT2D eigenvalue weighted by Gasteiger charge is -2.13. The van der Waals surface area contributed by atoms with E-state index in [2.05, 4.69) is 15.9 Å². The molecule has 1 unspecified atom stereocenters. The van der Waals surface area contributed by atoms with E-state index < -0.39 is 0 Å². The summed E-state index contributed by atoms with van der Waals surface area (Å²) in [7, 11) is 0. The van der Waals surface area contributed by atoms with Crippen LogP contribution < -0.4 is 0 Å². The van der Waals surface area contributed by atoms with Crippen LogP contribution in [0.15, 0.2) is 22.7 Å². The van der Waals surface area contributed by atoms with Gasteiger partial charge in [-0.05, 0) is 58.8 Å². The average molecular weight is 289 g/mol. The van der Waals surface area contributed by atoms with Gasteiger partial charge in [0.05, 0.1) is 10.6 Å². The lowest BCUT2D eigenvalue weighted by molar-refractivity contribution is 0.114. The smallest absolute Gasteiger partial charge is 0.137 e. The third-order valence-corrected chi connectivity index (χ3v) is 3.33. The van der Waals surface area contributed by atoms with Gasteiger partial charge in [-0.2, -0.15) is 0 Å². The van der Waals surface area contributed by atoms with Crippen LogP contribution in [0.2, 0.25) is 0 Å². The minimum atomic E-state index is -0.233. The van der Waals surface area contributed by atoms with Gasteiger partial charge in [-0.25, -0.2) is 4.39 Å². The summed E-state index contributed by atoms with van der Waals surface area (Å²) in [4.78, 5) is 0. The number of aryl methyl sites for hydroxylation is 1. The van der Waals surface area contributed by atoms with Gasteiger partial charge in [0.2, 0.25) is 0 Å². The molecule has 0 aliphatic rings. The van der Waals surface area contributed by atoms with Crippen LogP contribution in [0.25, 0.3) is 0 Å². The van der Waals surface area contributed by atoms with E-state index in [1.165, 1.54) is 6.07 Å². The van der Waals surface area contributed by atoms with Crippen LogP contribution in [0.1, 0.15) is 32.3 Å². The van der Waals surface area contributed by atoms with Crippen molar-refractivity contribution in [1.82, 2.24) is 0 Å². The lowest BCUT2D eigenvalue weighted by atomic mass is 9.99. The van der Waals surface area contributed by atoms with Crippen molar-refractivity contribution in [1.29, 1.82) is 0 Å². The van der Waals surface area contributed by atoms with Crippen molar-refractivity contribution < 1.29 is 9.50 Å². The Kier molecular flexibility index (Phi) is 5.42. The predicted molar refractivity (Wildman–Crippen MR) is 67.9 cm³/mol. The maximum absolute atomic E-state index is 13.0. The molecule has 0 aromatic heterocycles. The van der Waals surface area contributed by atoms with E-state index in [1.807, 2.05) is 13.8 Å². The van der Waals surface area contributed by atoms with Gasteiger partial charge in [0.1, 0.15) is 5.82 Å². The third kappa shape index (κ3) is 4.22. The number of hydrogen-bond donors (Lipinski definition) is 1. The minimum Gasteiger partial charge on any atom is -0.393 e. The maximum atomic E-state index is 13.0. The second-order valence-corrected chi connectivity index (χ2v) is 5.31. The molecule has 0 saturated carbocycles. The fourth-order valence-corrected chi connectivity index (χ4v) is 1.97. The number of benzene rings is 1. The zero-order valence-electron chi connectivity index (χ0n) is 9.71. The first-order valence-corrected chi connectivity index (χ1v) is 6.42. The van der Waals surface area contributed by atoms with Gasteiger partial charge in [-0.3, -0.25) is 0 Å². The summed E-state index contributed by atoms with van der Waals surface area (Å²) in [6.07, 6.45) is 2.37. The molecule has 0 amide bonds. The fourth-order valence-electron chi connectivity index (χ4n) is 1.54. The third-order valence-electron chi connectivity index (χ3n) is 2.72. The molecule has 0 spiro atoms. The van der Waals surface area contributed by atoms with E-state index in [4.69, 9.17) is 0 Å². The molecule has 1 nitrogen and oxygen atoms in total. The Balaban J connectivity index is 2.40. The molecule has 3 heteroatoms. The largest absolute Gasteiger partial charge is 0.393 e. The van der Waals surface area contributed by atoms with Gasteiger partial charge in [0.15, 0.2) is 0 Å². The van der Waals surface area contributed by atoms with E-state index in [0.29, 0.717) is 10.4 Å². The van der Waals surface area contributed by atoms with E-state index in [-0.39, 0.29) is 11.9 Å². The number of hydrogen-bond acceptors (Lipinski definition) is 1. The van der Waals surface area contributed by atoms with E-state index in [9.17, 15) is 9.50 Å². The van der Waals surface area contributed by atoms with Crippen LogP contribution in [0.4, 0.5) is 4.39 Å². The van der Waals surface area contributed by atoms with E-state index >= 15 is 0 Å². The summed E-state index contributed by atoms with van der Waals surface area (Å²) in [6, 6.07) is 5.07. The van der Waals surface area contributed by atoms with Gasteiger partial charge in [0.25, 0.3) is 0 Å². The highest BCUT2D eigenvalue weighted by atomic mass is 79.9. The molecule has 90 valence electrons. The summed E-state index contributed by atoms with van der Waals surface area (Å²) < 4.78 is 13.5. The van der Waals surface area contributed by atoms with Crippen molar-refractivity contribution in [3.05, 3.63) is 34.1 Å². The molecule has 0 aliphatic carbocycles. The summed E-state index contributed by atoms with van der Waals surface area (Å²) >= 11 is 3.17. The van der Waals surface area contributed by atoms with Gasteiger partial charge in [-0.15, -0.1) is 0 Å².